The Balaban J connectivity index is 0.000000199. The van der Waals surface area contributed by atoms with E-state index in [1.807, 2.05) is 0 Å². The summed E-state index contributed by atoms with van der Waals surface area (Å²) in [6.07, 6.45) is 22.0. The topological polar surface area (TPSA) is 251 Å². The molecule has 74 heavy (non-hydrogen) atoms. The largest absolute Gasteiger partial charge is 0.516 e. The molecule has 8 fully saturated rings. The minimum absolute atomic E-state index is 0.0926. The maximum Gasteiger partial charge on any atom is 0.516 e. The number of fused-ring (bicyclic) bond motifs is 10. The lowest BCUT2D eigenvalue weighted by atomic mass is 9.41. The van der Waals surface area contributed by atoms with E-state index >= 15 is 0 Å². The van der Waals surface area contributed by atoms with Crippen molar-refractivity contribution in [3.8, 4) is 0 Å². The van der Waals surface area contributed by atoms with Gasteiger partial charge in [0.2, 0.25) is 11.9 Å². The molecule has 22 atom stereocenters. The number of hydrogen-bond acceptors (Lipinski definition) is 11. The highest BCUT2D eigenvalue weighted by molar-refractivity contribution is 5.81. The molecule has 9 rings (SSSR count). The van der Waals surface area contributed by atoms with E-state index in [-0.39, 0.29) is 36.1 Å². The second-order valence-corrected chi connectivity index (χ2v) is 27.8. The number of aryl methyl sites for hydroxylation is 1. The minimum atomic E-state index is -0.894. The van der Waals surface area contributed by atoms with Crippen molar-refractivity contribution in [1.29, 1.82) is 0 Å². The number of carbonyl (C=O) groups is 2. The second kappa shape index (κ2) is 23.5. The van der Waals surface area contributed by atoms with Crippen molar-refractivity contribution >= 4 is 24.0 Å². The van der Waals surface area contributed by atoms with E-state index in [2.05, 4.69) is 95.4 Å². The Morgan fingerprint density at radius 2 is 1.12 bits per heavy atom. The van der Waals surface area contributed by atoms with E-state index < -0.39 is 12.1 Å². The van der Waals surface area contributed by atoms with E-state index in [4.69, 9.17) is 26.7 Å². The number of nitrogens with zero attached hydrogens (tertiary/aromatic N) is 3. The van der Waals surface area contributed by atoms with Crippen LogP contribution in [0.1, 0.15) is 211 Å². The minimum Gasteiger partial charge on any atom is -0.431 e. The Bertz CT molecular complexity index is 2060. The van der Waals surface area contributed by atoms with Gasteiger partial charge in [-0.25, -0.2) is 4.79 Å². The lowest BCUT2D eigenvalue weighted by Gasteiger charge is -2.65. The molecule has 8 saturated carbocycles. The van der Waals surface area contributed by atoms with Crippen LogP contribution in [0.5, 0.6) is 0 Å². The molecule has 8 aliphatic carbocycles. The van der Waals surface area contributed by atoms with Crippen LogP contribution >= 0.6 is 0 Å². The first-order valence-electron chi connectivity index (χ1n) is 30.1. The Labute approximate surface area is 447 Å². The van der Waals surface area contributed by atoms with Crippen LogP contribution in [-0.2, 0) is 20.7 Å². The molecule has 1 aromatic rings. The fraction of sp³-hybridized carbons (Fsp3) is 0.917. The third kappa shape index (κ3) is 11.3. The summed E-state index contributed by atoms with van der Waals surface area (Å²) in [6.45, 7) is 28.0. The van der Waals surface area contributed by atoms with Gasteiger partial charge in [0, 0.05) is 12.8 Å². The van der Waals surface area contributed by atoms with Gasteiger partial charge in [0.25, 0.3) is 0 Å². The maximum absolute atomic E-state index is 12.3. The molecule has 8 aliphatic rings. The molecule has 422 valence electrons. The molecule has 14 nitrogen and oxygen atoms in total. The number of nitrogens with one attached hydrogen (secondary N) is 1. The molecule has 0 aliphatic heterocycles. The van der Waals surface area contributed by atoms with Crippen molar-refractivity contribution in [1.82, 2.24) is 15.2 Å². The lowest BCUT2D eigenvalue weighted by molar-refractivity contribution is -0.198. The Morgan fingerprint density at radius 1 is 0.689 bits per heavy atom. The van der Waals surface area contributed by atoms with E-state index in [1.54, 1.807) is 13.8 Å². The van der Waals surface area contributed by atoms with Crippen LogP contribution in [-0.4, -0.2) is 61.8 Å². The summed E-state index contributed by atoms with van der Waals surface area (Å²) >= 11 is 0. The molecule has 0 aromatic carbocycles. The molecule has 0 spiro atoms. The van der Waals surface area contributed by atoms with Gasteiger partial charge in [-0.2, -0.15) is 4.98 Å². The number of hydrogen-bond donors (Lipinski definition) is 7. The second-order valence-electron chi connectivity index (χ2n) is 27.8. The first-order valence-corrected chi connectivity index (χ1v) is 30.1. The molecule has 0 radical (unpaired) electrons. The molecule has 0 bridgehead atoms. The van der Waals surface area contributed by atoms with Gasteiger partial charge in [-0.15, -0.1) is 10.2 Å². The van der Waals surface area contributed by atoms with Crippen molar-refractivity contribution < 1.29 is 29.3 Å². The fourth-order valence-corrected chi connectivity index (χ4v) is 20.2. The van der Waals surface area contributed by atoms with Crippen molar-refractivity contribution in [2.75, 3.05) is 5.73 Å². The summed E-state index contributed by atoms with van der Waals surface area (Å²) < 4.78 is 9.79. The molecule has 11 N–H and O–H groups in total. The average molecular weight is 1040 g/mol. The van der Waals surface area contributed by atoms with E-state index in [9.17, 15) is 19.8 Å². The van der Waals surface area contributed by atoms with Crippen LogP contribution in [0.4, 0.5) is 10.7 Å². The van der Waals surface area contributed by atoms with Gasteiger partial charge >= 0.3 is 12.1 Å². The van der Waals surface area contributed by atoms with Gasteiger partial charge < -0.3 is 42.7 Å². The molecule has 0 saturated heterocycles. The predicted octanol–water partition coefficient (Wildman–Crippen LogP) is 11.4. The number of anilines is 1. The zero-order chi connectivity index (χ0) is 54.2. The first-order chi connectivity index (χ1) is 34.9. The van der Waals surface area contributed by atoms with E-state index in [0.717, 1.165) is 67.5 Å². The van der Waals surface area contributed by atoms with E-state index in [1.165, 1.54) is 89.9 Å². The number of aliphatic hydroxyl groups excluding tert-OH is 2. The third-order valence-electron chi connectivity index (χ3n) is 23.7. The monoisotopic (exact) mass is 1030 g/mol. The van der Waals surface area contributed by atoms with Gasteiger partial charge in [0.05, 0.1) is 18.3 Å². The quantitative estimate of drug-likeness (QED) is 0.0273. The molecule has 1 heterocycles. The van der Waals surface area contributed by atoms with Crippen molar-refractivity contribution in [2.45, 2.75) is 230 Å². The molecule has 0 amide bonds. The van der Waals surface area contributed by atoms with Gasteiger partial charge in [-0.3, -0.25) is 9.89 Å². The number of H-pyrrole nitrogens is 1. The normalized spacial score (nSPS) is 43.7. The Kier molecular flexibility index (Phi) is 18.6. The number of aromatic nitrogens is 3. The highest BCUT2D eigenvalue weighted by atomic mass is 16.7. The van der Waals surface area contributed by atoms with Gasteiger partial charge in [0.1, 0.15) is 5.82 Å². The summed E-state index contributed by atoms with van der Waals surface area (Å²) in [7, 11) is 0. The number of ether oxygens (including phenoxy) is 2. The number of aromatic amines is 1. The zero-order valence-electron chi connectivity index (χ0n) is 48.3. The summed E-state index contributed by atoms with van der Waals surface area (Å²) in [5.74, 6) is 15.0. The van der Waals surface area contributed by atoms with Crippen LogP contribution in [0.25, 0.3) is 0 Å². The summed E-state index contributed by atoms with van der Waals surface area (Å²) in [6, 6.07) is 0. The number of esters is 1. The average Bonchev–Trinajstić information content (AvgIpc) is 4.05. The van der Waals surface area contributed by atoms with Gasteiger partial charge in [-0.1, -0.05) is 94.9 Å². The summed E-state index contributed by atoms with van der Waals surface area (Å²) in [4.78, 5) is 28.2. The van der Waals surface area contributed by atoms with Gasteiger partial charge in [-0.05, 0) is 220 Å². The van der Waals surface area contributed by atoms with Gasteiger partial charge in [0.15, 0.2) is 0 Å². The van der Waals surface area contributed by atoms with Crippen LogP contribution in [0.2, 0.25) is 0 Å². The highest BCUT2D eigenvalue weighted by Crippen LogP contribution is 2.72. The zero-order valence-corrected chi connectivity index (χ0v) is 48.3. The molecule has 0 unspecified atom stereocenters. The highest BCUT2D eigenvalue weighted by Gasteiger charge is 2.66. The summed E-state index contributed by atoms with van der Waals surface area (Å²) in [5.41, 5.74) is 16.5. The summed E-state index contributed by atoms with van der Waals surface area (Å²) in [5, 5.41) is 33.7. The fourth-order valence-electron chi connectivity index (χ4n) is 20.2. The SMILES string of the molecule is CC[C@H]1[C@@H](O)[C@@H]2[C@H](CC[C@]3(C)[C@@H]([C@H](C)CCC(=O)OC(=O)OC(C)C)CC[C@@H]23)[C@@]2(C)CC[C@@H](C)C[C@@H]12.CC[C@H]1[C@@H](O)[C@@H]2[C@H](CC[C@]3(C)[C@@H]([C@H](C)CCc4nc(N)n[nH]4)CC[C@@H]23)[C@@]2(C)CC[C@@H](C)C[C@@H]12.NN=C(N)N. The molecule has 1 aromatic heterocycles. The number of carbonyl (C=O) groups excluding carboxylic acids is 2. The van der Waals surface area contributed by atoms with Crippen LogP contribution in [0, 0.1) is 116 Å². The van der Waals surface area contributed by atoms with Crippen LogP contribution in [0.15, 0.2) is 5.10 Å². The molecule has 14 heteroatoms. The Hall–Kier alpha value is -3.13. The van der Waals surface area contributed by atoms with Crippen molar-refractivity contribution in [3.63, 3.8) is 0 Å². The maximum atomic E-state index is 12.3. The number of rotatable bonds is 11. The molecular weight excluding hydrogens is 929 g/mol. The van der Waals surface area contributed by atoms with Crippen molar-refractivity contribution in [3.05, 3.63) is 5.82 Å². The van der Waals surface area contributed by atoms with Crippen LogP contribution in [0.3, 0.4) is 0 Å². The first kappa shape index (κ1) is 58.6. The smallest absolute Gasteiger partial charge is 0.431 e. The van der Waals surface area contributed by atoms with Crippen LogP contribution < -0.4 is 23.0 Å². The van der Waals surface area contributed by atoms with Crippen molar-refractivity contribution in [2.24, 2.45) is 139 Å². The predicted molar refractivity (Wildman–Crippen MR) is 294 cm³/mol. The molecular formula is C60H106N8O6. The number of nitrogen functional groups attached to an aromatic ring is 1. The lowest BCUT2D eigenvalue weighted by Crippen LogP contribution is -2.61. The number of aliphatic hydroxyl groups is 2. The number of hydrazone groups is 1. The van der Waals surface area contributed by atoms with E-state index in [0.29, 0.717) is 87.3 Å². The third-order valence-corrected chi connectivity index (χ3v) is 23.7. The Morgan fingerprint density at radius 3 is 1.53 bits per heavy atom. The standard InChI is InChI=1S/C31H52O5.C28H48N4O.CH6N4/c1-8-21-25-17-19(4)13-15-31(25,7)24-14-16-30(6)22(10-11-23(30)27(24)28(21)33)20(5)9-12-26(32)36-29(34)35-18(2)3;1-6-18-22-15-16(2)11-13-28(22,5)21-12-14-27(4)19(8-9-20(27)24(21)25(18)33)17(3)7-10-23-30-26(29)32-31-23;2-1(3)5-4/h18-25,27-28,33H,8-17H2,1-7H3;16-22,24-25,33H,6-15H2,1-5H3,(H3,29,30,31,32);4H2,(H4,2,3,5)/t19-,20-,21-,22-,23+,24+,25+,27+,28-,30-,31-;16-,17-,18-,19-,20+,21+,22+,24+,25-,27-,28-;/m11./s1. The number of nitrogens with two attached hydrogens (primary N) is 4. The number of guanidine groups is 1.